The molecule has 5 nitrogen and oxygen atoms in total. The van der Waals surface area contributed by atoms with Gasteiger partial charge in [0.2, 0.25) is 0 Å². The van der Waals surface area contributed by atoms with Gasteiger partial charge in [-0.25, -0.2) is 31.3 Å². The first-order valence-corrected chi connectivity index (χ1v) is 12.7. The Balaban J connectivity index is 1.68. The molecule has 178 valence electrons. The fourth-order valence-corrected chi connectivity index (χ4v) is 5.49. The highest BCUT2D eigenvalue weighted by Gasteiger charge is 2.51. The second-order valence-electron chi connectivity index (χ2n) is 8.88. The Morgan fingerprint density at radius 1 is 1.21 bits per heavy atom. The number of alkyl halides is 1. The van der Waals surface area contributed by atoms with Crippen LogP contribution in [0.15, 0.2) is 36.4 Å². The van der Waals surface area contributed by atoms with Crippen LogP contribution >= 0.6 is 0 Å². The van der Waals surface area contributed by atoms with Crippen molar-refractivity contribution in [3.05, 3.63) is 59.4 Å². The van der Waals surface area contributed by atoms with Gasteiger partial charge in [-0.3, -0.25) is 4.79 Å². The van der Waals surface area contributed by atoms with Crippen LogP contribution in [0.3, 0.4) is 0 Å². The van der Waals surface area contributed by atoms with Crippen LogP contribution in [0.1, 0.15) is 31.2 Å². The van der Waals surface area contributed by atoms with E-state index in [1.165, 1.54) is 29.4 Å². The van der Waals surface area contributed by atoms with Gasteiger partial charge in [0.05, 0.1) is 6.04 Å². The molecule has 1 heterocycles. The lowest BCUT2D eigenvalue weighted by Crippen LogP contribution is -2.55. The van der Waals surface area contributed by atoms with Gasteiger partial charge >= 0.3 is 0 Å². The second kappa shape index (κ2) is 8.72. The largest absolute Gasteiger partial charge is 0.335 e. The Labute approximate surface area is 190 Å². The predicted octanol–water partition coefficient (Wildman–Crippen LogP) is 4.36. The molecule has 0 aromatic heterocycles. The van der Waals surface area contributed by atoms with Gasteiger partial charge in [0.1, 0.15) is 27.4 Å². The van der Waals surface area contributed by atoms with Crippen molar-refractivity contribution in [3.63, 3.8) is 0 Å². The van der Waals surface area contributed by atoms with E-state index in [0.717, 1.165) is 12.1 Å². The summed E-state index contributed by atoms with van der Waals surface area (Å²) in [4.78, 5) is 14.3. The maximum absolute atomic E-state index is 15.4. The molecule has 33 heavy (non-hydrogen) atoms. The summed E-state index contributed by atoms with van der Waals surface area (Å²) in [5.74, 6) is -3.05. The van der Waals surface area contributed by atoms with E-state index in [2.05, 4.69) is 4.72 Å². The number of carbonyl (C=O) groups excluding carboxylic acids is 1. The number of hydrogen-bond donors (Lipinski definition) is 2. The van der Waals surface area contributed by atoms with Gasteiger partial charge in [-0.15, -0.1) is 0 Å². The van der Waals surface area contributed by atoms with Crippen molar-refractivity contribution in [2.24, 2.45) is 0 Å². The van der Waals surface area contributed by atoms with Crippen molar-refractivity contribution in [1.82, 2.24) is 9.62 Å². The summed E-state index contributed by atoms with van der Waals surface area (Å²) in [6.07, 6.45) is 2.38. The van der Waals surface area contributed by atoms with Crippen LogP contribution in [-0.2, 0) is 21.1 Å². The SMILES string of the molecule is CS(=N)(=O)N[C@H]1CCN(C(=O)C2(F)CCC2)[C@H]1Cc1cccc(-c2cc(F)cc(F)c2)c1F. The molecule has 1 saturated heterocycles. The fourth-order valence-electron chi connectivity index (χ4n) is 4.64. The summed E-state index contributed by atoms with van der Waals surface area (Å²) in [5.41, 5.74) is -1.75. The Bertz CT molecular complexity index is 1160. The Morgan fingerprint density at radius 3 is 2.45 bits per heavy atom. The van der Waals surface area contributed by atoms with Gasteiger partial charge in [-0.2, -0.15) is 0 Å². The average Bonchev–Trinajstić information content (AvgIpc) is 3.06. The van der Waals surface area contributed by atoms with Crippen LogP contribution in [-0.4, -0.2) is 45.6 Å². The van der Waals surface area contributed by atoms with E-state index in [4.69, 9.17) is 4.78 Å². The highest BCUT2D eigenvalue weighted by Crippen LogP contribution is 2.40. The standard InChI is InChI=1S/C23H25F4N3O2S/c1-33(28,32)29-19-6-9-30(22(31)23(27)7-3-8-23)20(19)12-14-4-2-5-18(21(14)26)15-10-16(24)13-17(25)11-15/h2,4-5,10-11,13,19-20H,3,6-9,12H2,1H3,(H2,28,29,32)/t19-,20-,33?/m0/s1. The first kappa shape index (κ1) is 23.7. The molecule has 0 radical (unpaired) electrons. The summed E-state index contributed by atoms with van der Waals surface area (Å²) in [7, 11) is -3.14. The zero-order chi connectivity index (χ0) is 24.0. The first-order chi connectivity index (χ1) is 15.5. The third-order valence-electron chi connectivity index (χ3n) is 6.39. The van der Waals surface area contributed by atoms with Gasteiger partial charge in [0.15, 0.2) is 5.67 Å². The van der Waals surface area contributed by atoms with Crippen molar-refractivity contribution in [3.8, 4) is 11.1 Å². The smallest absolute Gasteiger partial charge is 0.260 e. The monoisotopic (exact) mass is 483 g/mol. The minimum atomic E-state index is -3.14. The molecular formula is C23H25F4N3O2S. The van der Waals surface area contributed by atoms with Gasteiger partial charge in [0.25, 0.3) is 5.91 Å². The summed E-state index contributed by atoms with van der Waals surface area (Å²) >= 11 is 0. The first-order valence-electron chi connectivity index (χ1n) is 10.7. The average molecular weight is 484 g/mol. The third kappa shape index (κ3) is 4.91. The molecule has 4 rings (SSSR count). The van der Waals surface area contributed by atoms with E-state index in [9.17, 15) is 22.2 Å². The van der Waals surface area contributed by atoms with E-state index < -0.39 is 51.0 Å². The van der Waals surface area contributed by atoms with Crippen LogP contribution in [0, 0.1) is 22.2 Å². The number of halogens is 4. The molecule has 3 atom stereocenters. The van der Waals surface area contributed by atoms with Gasteiger partial charge < -0.3 is 4.90 Å². The Kier molecular flexibility index (Phi) is 6.26. The van der Waals surface area contributed by atoms with E-state index in [-0.39, 0.29) is 42.5 Å². The molecule has 1 unspecified atom stereocenters. The van der Waals surface area contributed by atoms with E-state index >= 15 is 4.39 Å². The van der Waals surface area contributed by atoms with Gasteiger partial charge in [0, 0.05) is 30.5 Å². The van der Waals surface area contributed by atoms with Crippen LogP contribution < -0.4 is 4.72 Å². The zero-order valence-corrected chi connectivity index (χ0v) is 18.9. The molecule has 1 amide bonds. The molecule has 1 aliphatic heterocycles. The van der Waals surface area contributed by atoms with Crippen molar-refractivity contribution in [2.45, 2.75) is 49.9 Å². The fraction of sp³-hybridized carbons (Fsp3) is 0.435. The Hall–Kier alpha value is -2.46. The summed E-state index contributed by atoms with van der Waals surface area (Å²) in [5, 5.41) is 0. The minimum Gasteiger partial charge on any atom is -0.335 e. The van der Waals surface area contributed by atoms with Crippen LogP contribution in [0.25, 0.3) is 11.1 Å². The molecule has 2 N–H and O–H groups in total. The third-order valence-corrected chi connectivity index (χ3v) is 7.15. The molecule has 2 aromatic rings. The number of rotatable bonds is 6. The van der Waals surface area contributed by atoms with E-state index in [1.807, 2.05) is 0 Å². The normalized spacial score (nSPS) is 23.7. The zero-order valence-electron chi connectivity index (χ0n) is 18.0. The topological polar surface area (TPSA) is 73.3 Å². The van der Waals surface area contributed by atoms with Crippen LogP contribution in [0.5, 0.6) is 0 Å². The number of benzene rings is 2. The van der Waals surface area contributed by atoms with Gasteiger partial charge in [-0.1, -0.05) is 18.2 Å². The Morgan fingerprint density at radius 2 is 1.88 bits per heavy atom. The van der Waals surface area contributed by atoms with Crippen molar-refractivity contribution in [2.75, 3.05) is 12.8 Å². The van der Waals surface area contributed by atoms with E-state index in [0.29, 0.717) is 18.9 Å². The quantitative estimate of drug-likeness (QED) is 0.600. The van der Waals surface area contributed by atoms with Gasteiger partial charge in [-0.05, 0) is 55.4 Å². The molecule has 1 saturated carbocycles. The molecule has 1 aliphatic carbocycles. The molecule has 0 bridgehead atoms. The lowest BCUT2D eigenvalue weighted by atomic mass is 9.80. The molecule has 10 heteroatoms. The minimum absolute atomic E-state index is 0.00739. The highest BCUT2D eigenvalue weighted by atomic mass is 32.2. The van der Waals surface area contributed by atoms with Crippen molar-refractivity contribution < 1.29 is 26.6 Å². The number of carbonyl (C=O) groups is 1. The molecular weight excluding hydrogens is 458 g/mol. The van der Waals surface area contributed by atoms with Crippen molar-refractivity contribution in [1.29, 1.82) is 4.78 Å². The van der Waals surface area contributed by atoms with E-state index in [1.54, 1.807) is 0 Å². The predicted molar refractivity (Wildman–Crippen MR) is 117 cm³/mol. The molecule has 2 aliphatic rings. The number of nitrogens with zero attached hydrogens (tertiary/aromatic N) is 1. The van der Waals surface area contributed by atoms with Crippen LogP contribution in [0.2, 0.25) is 0 Å². The molecule has 2 aromatic carbocycles. The highest BCUT2D eigenvalue weighted by molar-refractivity contribution is 7.89. The maximum atomic E-state index is 15.4. The summed E-state index contributed by atoms with van der Waals surface area (Å²) < 4.78 is 80.2. The lowest BCUT2D eigenvalue weighted by Gasteiger charge is -2.38. The summed E-state index contributed by atoms with van der Waals surface area (Å²) in [6, 6.07) is 5.84. The second-order valence-corrected chi connectivity index (χ2v) is 10.8. The van der Waals surface area contributed by atoms with Crippen molar-refractivity contribution >= 4 is 15.8 Å². The lowest BCUT2D eigenvalue weighted by molar-refractivity contribution is -0.151. The number of amides is 1. The molecule has 2 fully saturated rings. The number of nitrogens with one attached hydrogen (secondary N) is 2. The molecule has 0 spiro atoms. The number of likely N-dealkylation sites (tertiary alicyclic amines) is 1. The summed E-state index contributed by atoms with van der Waals surface area (Å²) in [6.45, 7) is 0.193. The van der Waals surface area contributed by atoms with Crippen LogP contribution in [0.4, 0.5) is 17.6 Å². The maximum Gasteiger partial charge on any atom is 0.260 e. The number of hydrogen-bond acceptors (Lipinski definition) is 3.